The van der Waals surface area contributed by atoms with E-state index < -0.39 is 0 Å². The van der Waals surface area contributed by atoms with E-state index in [0.717, 1.165) is 16.5 Å². The van der Waals surface area contributed by atoms with Crippen molar-refractivity contribution in [3.05, 3.63) is 29.8 Å². The Kier molecular flexibility index (Phi) is 5.59. The van der Waals surface area contributed by atoms with Crippen molar-refractivity contribution in [3.8, 4) is 5.75 Å². The first kappa shape index (κ1) is 14.7. The van der Waals surface area contributed by atoms with Crippen LogP contribution < -0.4 is 24.0 Å². The van der Waals surface area contributed by atoms with E-state index in [2.05, 4.69) is 28.1 Å². The molecule has 3 heteroatoms. The molecule has 0 spiro atoms. The highest BCUT2D eigenvalue weighted by Crippen LogP contribution is 2.32. The molecule has 0 aromatic heterocycles. The van der Waals surface area contributed by atoms with Gasteiger partial charge in [-0.15, -0.1) is 0 Å². The van der Waals surface area contributed by atoms with Gasteiger partial charge in [-0.2, -0.15) is 0 Å². The first-order valence-electron chi connectivity index (χ1n) is 5.05. The molecular weight excluding hydrogens is 301 g/mol. The lowest BCUT2D eigenvalue weighted by Crippen LogP contribution is -3.00. The third-order valence-electron chi connectivity index (χ3n) is 2.62. The second-order valence-corrected chi connectivity index (χ2v) is 4.60. The number of halogens is 1. The van der Waals surface area contributed by atoms with Crippen LogP contribution in [0.2, 0.25) is 0 Å². The molecule has 1 aromatic carbocycles. The SMILES string of the molecule is CCC(c1ccccc1O)[N+](C)(C)C.[I-]. The Morgan fingerprint density at radius 3 is 2.13 bits per heavy atom. The van der Waals surface area contributed by atoms with Gasteiger partial charge < -0.3 is 33.6 Å². The summed E-state index contributed by atoms with van der Waals surface area (Å²) in [5, 5.41) is 9.77. The van der Waals surface area contributed by atoms with E-state index in [1.54, 1.807) is 6.07 Å². The van der Waals surface area contributed by atoms with E-state index in [0.29, 0.717) is 11.8 Å². The van der Waals surface area contributed by atoms with E-state index in [4.69, 9.17) is 0 Å². The molecule has 15 heavy (non-hydrogen) atoms. The molecule has 0 aliphatic rings. The zero-order chi connectivity index (χ0) is 10.8. The van der Waals surface area contributed by atoms with Gasteiger partial charge in [0.15, 0.2) is 0 Å². The second kappa shape index (κ2) is 5.70. The number of benzene rings is 1. The Balaban J connectivity index is 0.00000196. The van der Waals surface area contributed by atoms with Crippen molar-refractivity contribution in [3.63, 3.8) is 0 Å². The van der Waals surface area contributed by atoms with Crippen molar-refractivity contribution >= 4 is 0 Å². The Morgan fingerprint density at radius 2 is 1.73 bits per heavy atom. The van der Waals surface area contributed by atoms with E-state index in [1.807, 2.05) is 18.2 Å². The van der Waals surface area contributed by atoms with Gasteiger partial charge in [-0.3, -0.25) is 0 Å². The summed E-state index contributed by atoms with van der Waals surface area (Å²) < 4.78 is 0.841. The van der Waals surface area contributed by atoms with E-state index in [-0.39, 0.29) is 24.0 Å². The first-order valence-corrected chi connectivity index (χ1v) is 5.05. The number of hydrogen-bond acceptors (Lipinski definition) is 1. The van der Waals surface area contributed by atoms with Crippen LogP contribution >= 0.6 is 0 Å². The molecule has 0 aliphatic heterocycles. The van der Waals surface area contributed by atoms with Crippen LogP contribution in [-0.4, -0.2) is 30.7 Å². The van der Waals surface area contributed by atoms with Gasteiger partial charge in [0.2, 0.25) is 0 Å². The summed E-state index contributed by atoms with van der Waals surface area (Å²) in [7, 11) is 6.46. The average molecular weight is 321 g/mol. The topological polar surface area (TPSA) is 20.2 Å². The largest absolute Gasteiger partial charge is 1.00 e. The Bertz CT molecular complexity index is 307. The van der Waals surface area contributed by atoms with Gasteiger partial charge in [0.1, 0.15) is 11.8 Å². The van der Waals surface area contributed by atoms with Crippen molar-refractivity contribution in [2.75, 3.05) is 21.1 Å². The van der Waals surface area contributed by atoms with Crippen LogP contribution in [0.4, 0.5) is 0 Å². The molecule has 0 radical (unpaired) electrons. The lowest BCUT2D eigenvalue weighted by atomic mass is 10.0. The molecule has 0 saturated heterocycles. The highest BCUT2D eigenvalue weighted by atomic mass is 127. The van der Waals surface area contributed by atoms with Crippen molar-refractivity contribution in [1.82, 2.24) is 0 Å². The monoisotopic (exact) mass is 321 g/mol. The Hall–Kier alpha value is -0.290. The fourth-order valence-electron chi connectivity index (χ4n) is 1.95. The van der Waals surface area contributed by atoms with Crippen LogP contribution in [0.15, 0.2) is 24.3 Å². The fourth-order valence-corrected chi connectivity index (χ4v) is 1.95. The number of aromatic hydroxyl groups is 1. The minimum atomic E-state index is 0. The number of phenolic OH excluding ortho intramolecular Hbond substituents is 1. The van der Waals surface area contributed by atoms with Crippen LogP contribution in [0.5, 0.6) is 5.75 Å². The lowest BCUT2D eigenvalue weighted by Gasteiger charge is -2.34. The molecule has 1 N–H and O–H groups in total. The maximum atomic E-state index is 9.77. The van der Waals surface area contributed by atoms with Crippen molar-refractivity contribution in [2.45, 2.75) is 19.4 Å². The summed E-state index contributed by atoms with van der Waals surface area (Å²) in [5.41, 5.74) is 1.04. The predicted molar refractivity (Wildman–Crippen MR) is 59.2 cm³/mol. The number of rotatable bonds is 3. The van der Waals surface area contributed by atoms with Crippen molar-refractivity contribution in [2.24, 2.45) is 0 Å². The number of nitrogens with zero attached hydrogens (tertiary/aromatic N) is 1. The van der Waals surface area contributed by atoms with Crippen LogP contribution in [-0.2, 0) is 0 Å². The van der Waals surface area contributed by atoms with E-state index >= 15 is 0 Å². The maximum absolute atomic E-state index is 9.77. The lowest BCUT2D eigenvalue weighted by molar-refractivity contribution is -0.902. The van der Waals surface area contributed by atoms with Crippen LogP contribution in [0, 0.1) is 0 Å². The molecule has 0 fully saturated rings. The highest BCUT2D eigenvalue weighted by molar-refractivity contribution is 5.33. The smallest absolute Gasteiger partial charge is 0.124 e. The van der Waals surface area contributed by atoms with Crippen LogP contribution in [0.1, 0.15) is 24.9 Å². The van der Waals surface area contributed by atoms with Gasteiger partial charge in [0.25, 0.3) is 0 Å². The van der Waals surface area contributed by atoms with Crippen LogP contribution in [0.25, 0.3) is 0 Å². The molecule has 0 amide bonds. The summed E-state index contributed by atoms with van der Waals surface area (Å²) >= 11 is 0. The molecule has 1 rings (SSSR count). The van der Waals surface area contributed by atoms with E-state index in [9.17, 15) is 5.11 Å². The third-order valence-corrected chi connectivity index (χ3v) is 2.62. The Morgan fingerprint density at radius 1 is 1.20 bits per heavy atom. The molecule has 1 aromatic rings. The highest BCUT2D eigenvalue weighted by Gasteiger charge is 2.25. The molecule has 2 nitrogen and oxygen atoms in total. The molecule has 1 unspecified atom stereocenters. The number of para-hydroxylation sites is 1. The molecule has 0 bridgehead atoms. The van der Waals surface area contributed by atoms with Crippen LogP contribution in [0.3, 0.4) is 0 Å². The third kappa shape index (κ3) is 3.65. The van der Waals surface area contributed by atoms with Gasteiger partial charge in [-0.1, -0.05) is 19.1 Å². The van der Waals surface area contributed by atoms with E-state index in [1.165, 1.54) is 0 Å². The quantitative estimate of drug-likeness (QED) is 0.591. The number of phenols is 1. The minimum Gasteiger partial charge on any atom is -1.00 e. The summed E-state index contributed by atoms with van der Waals surface area (Å²) in [6, 6.07) is 7.96. The first-order chi connectivity index (χ1) is 6.46. The summed E-state index contributed by atoms with van der Waals surface area (Å²) in [6.45, 7) is 2.15. The zero-order valence-electron chi connectivity index (χ0n) is 9.87. The standard InChI is InChI=1S/C12H19NO.HI/c1-5-11(13(2,3)4)10-8-6-7-9-12(10)14;/h6-9,11H,5H2,1-4H3;1H. The van der Waals surface area contributed by atoms with Gasteiger partial charge in [-0.25, -0.2) is 0 Å². The number of hydrogen-bond donors (Lipinski definition) is 1. The van der Waals surface area contributed by atoms with Gasteiger partial charge in [-0.05, 0) is 12.1 Å². The fraction of sp³-hybridized carbons (Fsp3) is 0.500. The van der Waals surface area contributed by atoms with Crippen molar-refractivity contribution in [1.29, 1.82) is 0 Å². The van der Waals surface area contributed by atoms with Gasteiger partial charge >= 0.3 is 0 Å². The summed E-state index contributed by atoms with van der Waals surface area (Å²) in [6.07, 6.45) is 1.03. The normalized spacial score (nSPS) is 13.1. The second-order valence-electron chi connectivity index (χ2n) is 4.60. The zero-order valence-corrected chi connectivity index (χ0v) is 12.0. The molecule has 0 aliphatic carbocycles. The predicted octanol–water partition coefficient (Wildman–Crippen LogP) is -0.446. The molecule has 86 valence electrons. The number of quaternary nitrogens is 1. The average Bonchev–Trinajstić information content (AvgIpc) is 2.07. The molecule has 0 saturated carbocycles. The summed E-state index contributed by atoms with van der Waals surface area (Å²) in [4.78, 5) is 0. The maximum Gasteiger partial charge on any atom is 0.124 e. The van der Waals surface area contributed by atoms with Crippen molar-refractivity contribution < 1.29 is 33.6 Å². The minimum absolute atomic E-state index is 0. The summed E-state index contributed by atoms with van der Waals surface area (Å²) in [5.74, 6) is 0.410. The molecular formula is C12H20INO. The Labute approximate surface area is 110 Å². The molecule has 0 heterocycles. The molecule has 1 atom stereocenters. The van der Waals surface area contributed by atoms with Gasteiger partial charge in [0.05, 0.1) is 26.7 Å². The van der Waals surface area contributed by atoms with Gasteiger partial charge in [0, 0.05) is 6.42 Å².